The summed E-state index contributed by atoms with van der Waals surface area (Å²) in [6.07, 6.45) is -1.27. The molecule has 174 valence electrons. The van der Waals surface area contributed by atoms with Crippen molar-refractivity contribution in [3.63, 3.8) is 0 Å². The zero-order valence-corrected chi connectivity index (χ0v) is 19.3. The van der Waals surface area contributed by atoms with Crippen LogP contribution in [0.5, 0.6) is 0 Å². The van der Waals surface area contributed by atoms with Gasteiger partial charge in [0.15, 0.2) is 6.10 Å². The third kappa shape index (κ3) is 4.64. The van der Waals surface area contributed by atoms with Crippen molar-refractivity contribution in [1.82, 2.24) is 9.21 Å². The molecule has 1 N–H and O–H groups in total. The van der Waals surface area contributed by atoms with Gasteiger partial charge in [0, 0.05) is 19.8 Å². The molecule has 1 aliphatic rings. The van der Waals surface area contributed by atoms with Gasteiger partial charge < -0.3 is 10.1 Å². The Kier molecular flexibility index (Phi) is 6.65. The fourth-order valence-electron chi connectivity index (χ4n) is 3.18. The predicted molar refractivity (Wildman–Crippen MR) is 118 cm³/mol. The molecule has 0 saturated carbocycles. The van der Waals surface area contributed by atoms with E-state index < -0.39 is 45.9 Å². The van der Waals surface area contributed by atoms with Crippen LogP contribution in [0.1, 0.15) is 34.6 Å². The van der Waals surface area contributed by atoms with Crippen molar-refractivity contribution >= 4 is 39.4 Å². The summed E-state index contributed by atoms with van der Waals surface area (Å²) in [5, 5.41) is 2.49. The second-order valence-electron chi connectivity index (χ2n) is 7.59. The molecule has 11 heteroatoms. The van der Waals surface area contributed by atoms with Crippen molar-refractivity contribution in [3.8, 4) is 0 Å². The quantitative estimate of drug-likeness (QED) is 0.476. The zero-order valence-electron chi connectivity index (χ0n) is 18.4. The Hall–Kier alpha value is -3.57. The molecule has 0 aliphatic carbocycles. The number of ether oxygens (including phenoxy) is 1. The molecule has 3 amide bonds. The first-order valence-electron chi connectivity index (χ1n) is 9.96. The normalized spacial score (nSPS) is 15.2. The lowest BCUT2D eigenvalue weighted by molar-refractivity contribution is -0.156. The highest BCUT2D eigenvalue weighted by molar-refractivity contribution is 7.89. The molecule has 3 rings (SSSR count). The van der Waals surface area contributed by atoms with E-state index in [9.17, 15) is 27.6 Å². The molecular formula is C22H23N3O7S. The lowest BCUT2D eigenvalue weighted by Crippen LogP contribution is -2.45. The topological polar surface area (TPSA) is 130 Å². The minimum absolute atomic E-state index is 0.0193. The lowest BCUT2D eigenvalue weighted by Gasteiger charge is -2.22. The van der Waals surface area contributed by atoms with Gasteiger partial charge in [-0.2, -0.15) is 0 Å². The van der Waals surface area contributed by atoms with Gasteiger partial charge >= 0.3 is 5.97 Å². The molecule has 2 atom stereocenters. The number of amides is 3. The number of carbonyl (C=O) groups excluding carboxylic acids is 4. The Bertz CT molecular complexity index is 1210. The third-order valence-electron chi connectivity index (χ3n) is 5.10. The van der Waals surface area contributed by atoms with Crippen LogP contribution in [-0.4, -0.2) is 67.6 Å². The smallest absolute Gasteiger partial charge is 0.329 e. The largest absolute Gasteiger partial charge is 0.451 e. The van der Waals surface area contributed by atoms with Crippen LogP contribution in [0.4, 0.5) is 5.69 Å². The first kappa shape index (κ1) is 24.1. The van der Waals surface area contributed by atoms with E-state index in [1.165, 1.54) is 64.3 Å². The molecule has 0 bridgehead atoms. The number of rotatable bonds is 7. The first-order chi connectivity index (χ1) is 15.4. The maximum absolute atomic E-state index is 12.6. The summed E-state index contributed by atoms with van der Waals surface area (Å²) in [7, 11) is -0.928. The molecule has 0 radical (unpaired) electrons. The number of esters is 1. The van der Waals surface area contributed by atoms with Crippen LogP contribution in [-0.2, 0) is 24.3 Å². The number of imide groups is 1. The molecular weight excluding hydrogens is 450 g/mol. The third-order valence-corrected chi connectivity index (χ3v) is 6.91. The van der Waals surface area contributed by atoms with E-state index in [0.717, 1.165) is 9.21 Å². The number of anilines is 1. The molecule has 2 aromatic rings. The molecule has 0 aromatic heterocycles. The standard InChI is InChI=1S/C22H23N3O7S/c1-13(25-20(27)17-10-5-6-11-18(17)21(25)28)22(29)32-14(2)19(26)23-15-8-7-9-16(12-15)33(30,31)24(3)4/h5-14H,1-4H3,(H,23,26). The van der Waals surface area contributed by atoms with Gasteiger partial charge in [0.2, 0.25) is 10.0 Å². The monoisotopic (exact) mass is 473 g/mol. The minimum Gasteiger partial charge on any atom is -0.451 e. The van der Waals surface area contributed by atoms with Crippen LogP contribution >= 0.6 is 0 Å². The molecule has 10 nitrogen and oxygen atoms in total. The van der Waals surface area contributed by atoms with Crippen molar-refractivity contribution < 1.29 is 32.3 Å². The van der Waals surface area contributed by atoms with Gasteiger partial charge in [0.1, 0.15) is 6.04 Å². The number of nitrogens with zero attached hydrogens (tertiary/aromatic N) is 2. The van der Waals surface area contributed by atoms with E-state index in [1.54, 1.807) is 12.1 Å². The van der Waals surface area contributed by atoms with Crippen molar-refractivity contribution in [2.75, 3.05) is 19.4 Å². The lowest BCUT2D eigenvalue weighted by atomic mass is 10.1. The van der Waals surface area contributed by atoms with E-state index in [4.69, 9.17) is 4.74 Å². The Morgan fingerprint density at radius 1 is 0.970 bits per heavy atom. The van der Waals surface area contributed by atoms with Crippen LogP contribution in [0.2, 0.25) is 0 Å². The molecule has 1 aliphatic heterocycles. The summed E-state index contributed by atoms with van der Waals surface area (Å²) in [6.45, 7) is 2.66. The Labute approximate surface area is 191 Å². The SMILES string of the molecule is CC(OC(=O)C(C)N1C(=O)c2ccccc2C1=O)C(=O)Nc1cccc(S(=O)(=O)N(C)C)c1. The number of carbonyl (C=O) groups is 4. The second-order valence-corrected chi connectivity index (χ2v) is 9.74. The summed E-state index contributed by atoms with van der Waals surface area (Å²) >= 11 is 0. The summed E-state index contributed by atoms with van der Waals surface area (Å²) in [5.74, 6) is -2.87. The summed E-state index contributed by atoms with van der Waals surface area (Å²) in [5.41, 5.74) is 0.584. The summed E-state index contributed by atoms with van der Waals surface area (Å²) in [6, 6.07) is 10.6. The number of nitrogens with one attached hydrogen (secondary N) is 1. The van der Waals surface area contributed by atoms with Gasteiger partial charge in [0.25, 0.3) is 17.7 Å². The van der Waals surface area contributed by atoms with Gasteiger partial charge in [-0.15, -0.1) is 0 Å². The van der Waals surface area contributed by atoms with E-state index in [1.807, 2.05) is 0 Å². The maximum atomic E-state index is 12.6. The van der Waals surface area contributed by atoms with E-state index in [0.29, 0.717) is 0 Å². The molecule has 2 unspecified atom stereocenters. The number of sulfonamides is 1. The summed E-state index contributed by atoms with van der Waals surface area (Å²) < 4.78 is 30.7. The van der Waals surface area contributed by atoms with Crippen LogP contribution < -0.4 is 5.32 Å². The van der Waals surface area contributed by atoms with E-state index >= 15 is 0 Å². The van der Waals surface area contributed by atoms with Gasteiger partial charge in [-0.25, -0.2) is 17.5 Å². The highest BCUT2D eigenvalue weighted by atomic mass is 32.2. The average molecular weight is 474 g/mol. The molecule has 0 saturated heterocycles. The molecule has 33 heavy (non-hydrogen) atoms. The fraction of sp³-hybridized carbons (Fsp3) is 0.273. The maximum Gasteiger partial charge on any atom is 0.329 e. The van der Waals surface area contributed by atoms with Crippen molar-refractivity contribution in [2.45, 2.75) is 30.9 Å². The molecule has 0 fully saturated rings. The molecule has 0 spiro atoms. The van der Waals surface area contributed by atoms with Crippen LogP contribution in [0.3, 0.4) is 0 Å². The molecule has 2 aromatic carbocycles. The first-order valence-corrected chi connectivity index (χ1v) is 11.4. The van der Waals surface area contributed by atoms with E-state index in [-0.39, 0.29) is 21.7 Å². The predicted octanol–water partition coefficient (Wildman–Crippen LogP) is 1.49. The highest BCUT2D eigenvalue weighted by Gasteiger charge is 2.41. The minimum atomic E-state index is -3.70. The van der Waals surface area contributed by atoms with Gasteiger partial charge in [-0.05, 0) is 44.2 Å². The van der Waals surface area contributed by atoms with Crippen molar-refractivity contribution in [3.05, 3.63) is 59.7 Å². The zero-order chi connectivity index (χ0) is 24.5. The number of hydrogen-bond acceptors (Lipinski definition) is 7. The van der Waals surface area contributed by atoms with Crippen LogP contribution in [0.25, 0.3) is 0 Å². The van der Waals surface area contributed by atoms with Crippen molar-refractivity contribution in [1.29, 1.82) is 0 Å². The molecule has 1 heterocycles. The van der Waals surface area contributed by atoms with Gasteiger partial charge in [0.05, 0.1) is 16.0 Å². The van der Waals surface area contributed by atoms with Crippen LogP contribution in [0.15, 0.2) is 53.4 Å². The number of fused-ring (bicyclic) bond motifs is 1. The number of benzene rings is 2. The summed E-state index contributed by atoms with van der Waals surface area (Å²) in [4.78, 5) is 50.9. The fourth-order valence-corrected chi connectivity index (χ4v) is 4.13. The second kappa shape index (κ2) is 9.12. The van der Waals surface area contributed by atoms with E-state index in [2.05, 4.69) is 5.32 Å². The number of hydrogen-bond donors (Lipinski definition) is 1. The average Bonchev–Trinajstić information content (AvgIpc) is 3.03. The highest BCUT2D eigenvalue weighted by Crippen LogP contribution is 2.25. The Balaban J connectivity index is 1.66. The van der Waals surface area contributed by atoms with Gasteiger partial charge in [-0.3, -0.25) is 19.3 Å². The van der Waals surface area contributed by atoms with Crippen LogP contribution in [0, 0.1) is 0 Å². The van der Waals surface area contributed by atoms with Gasteiger partial charge in [-0.1, -0.05) is 18.2 Å². The Morgan fingerprint density at radius 2 is 1.55 bits per heavy atom. The Morgan fingerprint density at radius 3 is 2.09 bits per heavy atom. The van der Waals surface area contributed by atoms with Crippen molar-refractivity contribution in [2.24, 2.45) is 0 Å².